The molecule has 1 aliphatic heterocycles. The third-order valence-corrected chi connectivity index (χ3v) is 8.97. The molecule has 0 aliphatic carbocycles. The Labute approximate surface area is 251 Å². The molecule has 0 unspecified atom stereocenters. The first-order valence-corrected chi connectivity index (χ1v) is 14.9. The summed E-state index contributed by atoms with van der Waals surface area (Å²) in [4.78, 5) is 13.2. The van der Waals surface area contributed by atoms with E-state index >= 15 is 0 Å². The quantitative estimate of drug-likeness (QED) is 0.212. The first kappa shape index (κ1) is 30.1. The molecule has 1 amide bonds. The smallest absolute Gasteiger partial charge is 0.455 e. The van der Waals surface area contributed by atoms with Crippen LogP contribution in [0.25, 0.3) is 22.3 Å². The standard InChI is InChI=1S/C30H31BClFN2O6S/c1-29(2)30(3,4)41-31(40-29)23-16-22-25(39-27(26(22)28(36)34-5)19-8-12-21(33)13-9-19)17-24(23)35(42(37)38)15-14-18-6-10-20(32)11-7-18/h6-13,16-17,42H,14-15H2,1-5H3,(H,34,36). The Bertz CT molecular complexity index is 1700. The van der Waals surface area contributed by atoms with E-state index in [0.29, 0.717) is 33.5 Å². The Hall–Kier alpha value is -3.38. The van der Waals surface area contributed by atoms with Crippen LogP contribution in [-0.2, 0) is 26.6 Å². The summed E-state index contributed by atoms with van der Waals surface area (Å²) in [7, 11) is -2.55. The molecule has 0 radical (unpaired) electrons. The number of carbonyl (C=O) groups is 1. The van der Waals surface area contributed by atoms with E-state index in [0.717, 1.165) is 5.56 Å². The number of halogens is 2. The summed E-state index contributed by atoms with van der Waals surface area (Å²) in [6.07, 6.45) is 0.407. The van der Waals surface area contributed by atoms with E-state index in [1.54, 1.807) is 24.3 Å². The Morgan fingerprint density at radius 1 is 1.00 bits per heavy atom. The van der Waals surface area contributed by atoms with Crippen molar-refractivity contribution in [3.8, 4) is 11.3 Å². The molecule has 1 saturated heterocycles. The van der Waals surface area contributed by atoms with Crippen molar-refractivity contribution in [2.45, 2.75) is 45.3 Å². The van der Waals surface area contributed by atoms with Gasteiger partial charge in [-0.1, -0.05) is 23.7 Å². The second kappa shape index (κ2) is 11.4. The number of anilines is 1. The lowest BCUT2D eigenvalue weighted by Gasteiger charge is -2.32. The fraction of sp³-hybridized carbons (Fsp3) is 0.300. The van der Waals surface area contributed by atoms with E-state index in [1.807, 2.05) is 39.8 Å². The summed E-state index contributed by atoms with van der Waals surface area (Å²) in [6, 6.07) is 16.0. The fourth-order valence-electron chi connectivity index (χ4n) is 4.86. The molecule has 1 aromatic heterocycles. The second-order valence-electron chi connectivity index (χ2n) is 11.1. The molecule has 0 bridgehead atoms. The van der Waals surface area contributed by atoms with Gasteiger partial charge in [0.25, 0.3) is 5.91 Å². The molecule has 8 nitrogen and oxygen atoms in total. The van der Waals surface area contributed by atoms with Gasteiger partial charge < -0.3 is 19.0 Å². The highest BCUT2D eigenvalue weighted by Crippen LogP contribution is 2.40. The average molecular weight is 613 g/mol. The maximum atomic E-state index is 13.7. The molecule has 42 heavy (non-hydrogen) atoms. The summed E-state index contributed by atoms with van der Waals surface area (Å²) >= 11 is 6.02. The van der Waals surface area contributed by atoms with Crippen LogP contribution in [0.5, 0.6) is 0 Å². The maximum Gasteiger partial charge on any atom is 0.497 e. The van der Waals surface area contributed by atoms with Crippen LogP contribution in [0.2, 0.25) is 5.02 Å². The summed E-state index contributed by atoms with van der Waals surface area (Å²) in [6.45, 7) is 7.72. The zero-order valence-corrected chi connectivity index (χ0v) is 25.5. The van der Waals surface area contributed by atoms with Gasteiger partial charge in [0.1, 0.15) is 17.2 Å². The van der Waals surface area contributed by atoms with Crippen molar-refractivity contribution >= 4 is 57.6 Å². The fourth-order valence-corrected chi connectivity index (χ4v) is 5.60. The summed E-state index contributed by atoms with van der Waals surface area (Å²) in [5.74, 6) is -0.631. The molecule has 5 rings (SSSR count). The number of rotatable bonds is 8. The lowest BCUT2D eigenvalue weighted by molar-refractivity contribution is 0.00578. The van der Waals surface area contributed by atoms with Crippen LogP contribution in [0, 0.1) is 5.82 Å². The van der Waals surface area contributed by atoms with Crippen LogP contribution in [0.4, 0.5) is 10.1 Å². The number of hydrogen-bond donors (Lipinski definition) is 2. The average Bonchev–Trinajstić information content (AvgIpc) is 3.41. The van der Waals surface area contributed by atoms with Crippen molar-refractivity contribution < 1.29 is 31.3 Å². The molecule has 1 aliphatic rings. The maximum absolute atomic E-state index is 13.7. The normalized spacial score (nSPS) is 15.9. The van der Waals surface area contributed by atoms with Crippen molar-refractivity contribution in [2.75, 3.05) is 17.9 Å². The largest absolute Gasteiger partial charge is 0.497 e. The second-order valence-corrected chi connectivity index (χ2v) is 12.5. The van der Waals surface area contributed by atoms with E-state index in [4.69, 9.17) is 25.3 Å². The van der Waals surface area contributed by atoms with E-state index in [-0.39, 0.29) is 23.5 Å². The summed E-state index contributed by atoms with van der Waals surface area (Å²) < 4.78 is 59.3. The predicted octanol–water partition coefficient (Wildman–Crippen LogP) is 5.13. The van der Waals surface area contributed by atoms with Crippen LogP contribution in [-0.4, -0.2) is 46.2 Å². The van der Waals surface area contributed by atoms with E-state index in [9.17, 15) is 17.6 Å². The van der Waals surface area contributed by atoms with Gasteiger partial charge in [0.05, 0.1) is 22.5 Å². The van der Waals surface area contributed by atoms with Crippen molar-refractivity contribution in [1.29, 1.82) is 0 Å². The Morgan fingerprint density at radius 2 is 1.62 bits per heavy atom. The minimum atomic E-state index is -3.11. The van der Waals surface area contributed by atoms with Crippen molar-refractivity contribution in [3.63, 3.8) is 0 Å². The third-order valence-electron chi connectivity index (χ3n) is 7.91. The lowest BCUT2D eigenvalue weighted by Crippen LogP contribution is -2.41. The number of nitrogens with one attached hydrogen (secondary N) is 1. The van der Waals surface area contributed by atoms with Gasteiger partial charge in [-0.25, -0.2) is 12.8 Å². The van der Waals surface area contributed by atoms with Crippen LogP contribution in [0.1, 0.15) is 43.6 Å². The van der Waals surface area contributed by atoms with Crippen molar-refractivity contribution in [3.05, 3.63) is 82.6 Å². The minimum absolute atomic E-state index is 0.117. The first-order valence-electron chi connectivity index (χ1n) is 13.4. The Kier molecular flexibility index (Phi) is 8.15. The molecule has 0 atom stereocenters. The molecule has 0 saturated carbocycles. The SMILES string of the molecule is CNC(=O)c1c(-c2ccc(F)cc2)oc2cc(N(CCc3ccc(Cl)cc3)[SH](=O)=O)c(B3OC(C)(C)C(C)(C)O3)cc12. The zero-order valence-electron chi connectivity index (χ0n) is 23.9. The molecule has 12 heteroatoms. The molecular weight excluding hydrogens is 582 g/mol. The molecule has 3 aromatic carbocycles. The van der Waals surface area contributed by atoms with Crippen LogP contribution >= 0.6 is 11.6 Å². The van der Waals surface area contributed by atoms with Gasteiger partial charge in [0.2, 0.25) is 10.9 Å². The van der Waals surface area contributed by atoms with Crippen molar-refractivity contribution in [1.82, 2.24) is 5.32 Å². The topological polar surface area (TPSA) is 98.1 Å². The Morgan fingerprint density at radius 3 is 2.19 bits per heavy atom. The van der Waals surface area contributed by atoms with Crippen LogP contribution in [0.3, 0.4) is 0 Å². The van der Waals surface area contributed by atoms with Crippen LogP contribution in [0.15, 0.2) is 65.1 Å². The number of nitrogens with zero attached hydrogens (tertiary/aromatic N) is 1. The summed E-state index contributed by atoms with van der Waals surface area (Å²) in [5, 5.41) is 3.66. The van der Waals surface area contributed by atoms with E-state index in [2.05, 4.69) is 5.32 Å². The predicted molar refractivity (Wildman–Crippen MR) is 164 cm³/mol. The van der Waals surface area contributed by atoms with Crippen LogP contribution < -0.4 is 15.1 Å². The highest BCUT2D eigenvalue weighted by Gasteiger charge is 2.52. The molecule has 1 N–H and O–H groups in total. The highest BCUT2D eigenvalue weighted by atomic mass is 35.5. The number of furan rings is 1. The number of carbonyl (C=O) groups excluding carboxylic acids is 1. The van der Waals surface area contributed by atoms with Gasteiger partial charge >= 0.3 is 7.12 Å². The van der Waals surface area contributed by atoms with E-state index < -0.39 is 40.9 Å². The van der Waals surface area contributed by atoms with Crippen molar-refractivity contribution in [2.24, 2.45) is 0 Å². The number of thiol groups is 1. The third kappa shape index (κ3) is 5.66. The molecule has 4 aromatic rings. The first-order chi connectivity index (χ1) is 19.8. The van der Waals surface area contributed by atoms with E-state index in [1.165, 1.54) is 35.6 Å². The number of hydrogen-bond acceptors (Lipinski definition) is 6. The molecule has 1 fully saturated rings. The van der Waals surface area contributed by atoms with Gasteiger partial charge in [0.15, 0.2) is 0 Å². The monoisotopic (exact) mass is 612 g/mol. The van der Waals surface area contributed by atoms with Gasteiger partial charge in [-0.2, -0.15) is 0 Å². The van der Waals surface area contributed by atoms with Gasteiger partial charge in [-0.05, 0) is 82.1 Å². The minimum Gasteiger partial charge on any atom is -0.455 e. The number of benzene rings is 3. The zero-order chi connectivity index (χ0) is 30.4. The molecule has 0 spiro atoms. The number of amides is 1. The highest BCUT2D eigenvalue weighted by molar-refractivity contribution is 7.74. The molecular formula is C30H31BClFN2O6S. The molecule has 220 valence electrons. The molecule has 2 heterocycles. The number of fused-ring (bicyclic) bond motifs is 1. The lowest BCUT2D eigenvalue weighted by atomic mass is 9.76. The van der Waals surface area contributed by atoms with Gasteiger partial charge in [0, 0.05) is 41.1 Å². The van der Waals surface area contributed by atoms with Gasteiger partial charge in [-0.15, -0.1) is 0 Å². The summed E-state index contributed by atoms with van der Waals surface area (Å²) in [5.41, 5.74) is 1.19. The van der Waals surface area contributed by atoms with Gasteiger partial charge in [-0.3, -0.25) is 9.10 Å². The Balaban J connectivity index is 1.71.